The van der Waals surface area contributed by atoms with Crippen molar-refractivity contribution in [1.82, 2.24) is 14.5 Å². The van der Waals surface area contributed by atoms with Gasteiger partial charge in [0.05, 0.1) is 18.6 Å². The Bertz CT molecular complexity index is 852. The highest BCUT2D eigenvalue weighted by atomic mass is 127. The molecule has 0 radical (unpaired) electrons. The fourth-order valence-corrected chi connectivity index (χ4v) is 3.85. The number of rotatable bonds is 6. The van der Waals surface area contributed by atoms with Gasteiger partial charge >= 0.3 is 6.16 Å². The summed E-state index contributed by atoms with van der Waals surface area (Å²) in [6, 6.07) is 0. The van der Waals surface area contributed by atoms with Crippen molar-refractivity contribution in [1.29, 1.82) is 0 Å². The molecule has 1 saturated heterocycles. The van der Waals surface area contributed by atoms with Gasteiger partial charge in [0.25, 0.3) is 0 Å². The molecule has 3 N–H and O–H groups in total. The molecule has 0 aliphatic carbocycles. The first-order chi connectivity index (χ1) is 13.4. The van der Waals surface area contributed by atoms with Crippen LogP contribution >= 0.6 is 22.6 Å². The Labute approximate surface area is 173 Å². The van der Waals surface area contributed by atoms with Gasteiger partial charge in [0.2, 0.25) is 0 Å². The van der Waals surface area contributed by atoms with Crippen molar-refractivity contribution in [2.24, 2.45) is 0 Å². The van der Waals surface area contributed by atoms with Gasteiger partial charge in [0.1, 0.15) is 30.0 Å². The third-order valence-corrected chi connectivity index (χ3v) is 5.06. The normalized spacial score (nSPS) is 25.8. The molecule has 0 bridgehead atoms. The molecule has 1 fully saturated rings. The van der Waals surface area contributed by atoms with E-state index in [2.05, 4.69) is 9.97 Å². The van der Waals surface area contributed by atoms with E-state index in [1.165, 1.54) is 18.0 Å². The minimum atomic E-state index is -1.77. The number of aromatic nitrogens is 3. The summed E-state index contributed by atoms with van der Waals surface area (Å²) in [6.45, 7) is 1.22. The number of fused-ring (bicyclic) bond motifs is 1. The molecule has 28 heavy (non-hydrogen) atoms. The molecule has 0 saturated carbocycles. The number of nitrogens with zero attached hydrogens (tertiary/aromatic N) is 3. The zero-order valence-corrected chi connectivity index (χ0v) is 17.3. The number of nitrogen functional groups attached to an aromatic ring is 1. The quantitative estimate of drug-likeness (QED) is 0.438. The highest BCUT2D eigenvalue weighted by Gasteiger charge is 2.49. The maximum atomic E-state index is 15.2. The molecule has 2 aromatic heterocycles. The molecule has 12 heteroatoms. The van der Waals surface area contributed by atoms with Crippen LogP contribution in [0, 0.1) is 3.57 Å². The lowest BCUT2D eigenvalue weighted by Gasteiger charge is -2.19. The van der Waals surface area contributed by atoms with Gasteiger partial charge in [-0.1, -0.05) is 0 Å². The van der Waals surface area contributed by atoms with Crippen LogP contribution in [0.4, 0.5) is 15.0 Å². The Kier molecular flexibility index (Phi) is 6.52. The van der Waals surface area contributed by atoms with Gasteiger partial charge < -0.3 is 34.4 Å². The first-order valence-corrected chi connectivity index (χ1v) is 9.48. The van der Waals surface area contributed by atoms with Crippen LogP contribution < -0.4 is 5.73 Å². The molecule has 0 spiro atoms. The third-order valence-electron chi connectivity index (χ3n) is 4.24. The molecule has 1 aliphatic heterocycles. The fraction of sp³-hybridized carbons (Fsp3) is 0.562. The van der Waals surface area contributed by atoms with Crippen LogP contribution in [0.1, 0.15) is 13.2 Å². The van der Waals surface area contributed by atoms with E-state index in [0.717, 1.165) is 0 Å². The average molecular weight is 510 g/mol. The molecular formula is C16H20FIN4O6. The second-order valence-corrected chi connectivity index (χ2v) is 7.41. The van der Waals surface area contributed by atoms with Crippen molar-refractivity contribution in [3.63, 3.8) is 0 Å². The Hall–Kier alpha value is -1.77. The number of alkyl halides is 1. The number of carbonyl (C=O) groups excluding carboxylic acids is 1. The van der Waals surface area contributed by atoms with Gasteiger partial charge in [-0.25, -0.2) is 19.2 Å². The van der Waals surface area contributed by atoms with Crippen LogP contribution in [0.3, 0.4) is 0 Å². The molecule has 5 atom stereocenters. The smallest absolute Gasteiger partial charge is 0.429 e. The number of aliphatic hydroxyl groups is 1. The van der Waals surface area contributed by atoms with Gasteiger partial charge in [-0.05, 0) is 29.5 Å². The summed E-state index contributed by atoms with van der Waals surface area (Å²) in [5, 5.41) is 10.1. The number of methoxy groups -OCH3 is 1. The summed E-state index contributed by atoms with van der Waals surface area (Å²) in [4.78, 5) is 20.0. The molecule has 3 heterocycles. The van der Waals surface area contributed by atoms with Crippen molar-refractivity contribution in [3.8, 4) is 0 Å². The van der Waals surface area contributed by atoms with E-state index in [1.807, 2.05) is 22.6 Å². The van der Waals surface area contributed by atoms with E-state index in [9.17, 15) is 9.90 Å². The molecule has 1 aliphatic rings. The van der Waals surface area contributed by atoms with Crippen molar-refractivity contribution in [3.05, 3.63) is 16.1 Å². The number of hydrogen-bond acceptors (Lipinski definition) is 9. The van der Waals surface area contributed by atoms with Crippen LogP contribution in [-0.4, -0.2) is 70.6 Å². The predicted molar refractivity (Wildman–Crippen MR) is 103 cm³/mol. The van der Waals surface area contributed by atoms with E-state index in [1.54, 1.807) is 13.1 Å². The first kappa shape index (κ1) is 21.0. The summed E-state index contributed by atoms with van der Waals surface area (Å²) in [6.07, 6.45) is -4.14. The minimum Gasteiger partial charge on any atom is -0.429 e. The Morgan fingerprint density at radius 2 is 2.29 bits per heavy atom. The van der Waals surface area contributed by atoms with E-state index >= 15 is 4.39 Å². The molecule has 2 unspecified atom stereocenters. The lowest BCUT2D eigenvalue weighted by Crippen LogP contribution is -2.37. The summed E-state index contributed by atoms with van der Waals surface area (Å²) in [7, 11) is 1.46. The second kappa shape index (κ2) is 8.71. The average Bonchev–Trinajstić information content (AvgIpc) is 3.13. The van der Waals surface area contributed by atoms with Crippen LogP contribution in [0.15, 0.2) is 12.5 Å². The zero-order valence-electron chi connectivity index (χ0n) is 15.1. The molecule has 0 aromatic carbocycles. The molecule has 0 amide bonds. The molecule has 154 valence electrons. The lowest BCUT2D eigenvalue weighted by molar-refractivity contribution is -0.0634. The van der Waals surface area contributed by atoms with Crippen LogP contribution in [0.25, 0.3) is 11.0 Å². The Balaban J connectivity index is 1.82. The summed E-state index contributed by atoms with van der Waals surface area (Å²) in [5.74, 6) is 0.253. The molecular weight excluding hydrogens is 490 g/mol. The number of hydrogen-bond donors (Lipinski definition) is 2. The topological polar surface area (TPSA) is 131 Å². The standard InChI is InChI=1S/C16H20FIN4O6/c1-7(5-25-2)26-16(24)28-12-9(4-23)27-15(11(12)17)22-3-8(18)10-13(19)20-6-21-14(10)22/h3,6-7,9,11-12,15,23H,4-5H2,1-2H3,(H2,19,20,21)/t7?,9-,11?,12+,15-/m1/s1. The highest BCUT2D eigenvalue weighted by Crippen LogP contribution is 2.37. The molecule has 10 nitrogen and oxygen atoms in total. The fourth-order valence-electron chi connectivity index (χ4n) is 3.03. The van der Waals surface area contributed by atoms with Crippen molar-refractivity contribution >= 4 is 45.6 Å². The van der Waals surface area contributed by atoms with Gasteiger partial charge in [-0.15, -0.1) is 0 Å². The van der Waals surface area contributed by atoms with E-state index in [4.69, 9.17) is 24.7 Å². The number of nitrogens with two attached hydrogens (primary N) is 1. The summed E-state index contributed by atoms with van der Waals surface area (Å²) < 4.78 is 37.9. The first-order valence-electron chi connectivity index (χ1n) is 8.40. The summed E-state index contributed by atoms with van der Waals surface area (Å²) in [5.41, 5.74) is 6.25. The van der Waals surface area contributed by atoms with Gasteiger partial charge in [0, 0.05) is 16.9 Å². The van der Waals surface area contributed by atoms with E-state index in [0.29, 0.717) is 14.6 Å². The SMILES string of the molecule is COCC(C)OC(=O)O[C@@H]1C(F)[C@H](n2cc(I)c3c(N)ncnc32)O[C@@H]1CO. The number of ether oxygens (including phenoxy) is 4. The maximum Gasteiger partial charge on any atom is 0.509 e. The highest BCUT2D eigenvalue weighted by molar-refractivity contribution is 14.1. The van der Waals surface area contributed by atoms with Gasteiger partial charge in [-0.3, -0.25) is 0 Å². The van der Waals surface area contributed by atoms with Crippen LogP contribution in [0.5, 0.6) is 0 Å². The number of carbonyl (C=O) groups is 1. The van der Waals surface area contributed by atoms with Crippen molar-refractivity contribution < 1.29 is 33.2 Å². The van der Waals surface area contributed by atoms with Crippen molar-refractivity contribution in [2.75, 3.05) is 26.1 Å². The minimum absolute atomic E-state index is 0.163. The van der Waals surface area contributed by atoms with E-state index in [-0.39, 0.29) is 12.4 Å². The Morgan fingerprint density at radius 1 is 1.54 bits per heavy atom. The number of anilines is 1. The van der Waals surface area contributed by atoms with Crippen LogP contribution in [0.2, 0.25) is 0 Å². The van der Waals surface area contributed by atoms with Crippen LogP contribution in [-0.2, 0) is 18.9 Å². The van der Waals surface area contributed by atoms with Gasteiger partial charge in [-0.2, -0.15) is 0 Å². The maximum absolute atomic E-state index is 15.2. The number of halogens is 2. The predicted octanol–water partition coefficient (Wildman–Crippen LogP) is 1.40. The third kappa shape index (κ3) is 3.99. The molecule has 3 rings (SSSR count). The zero-order chi connectivity index (χ0) is 20.4. The van der Waals surface area contributed by atoms with E-state index < -0.39 is 43.5 Å². The monoisotopic (exact) mass is 510 g/mol. The molecule has 2 aromatic rings. The number of aliphatic hydroxyl groups excluding tert-OH is 1. The Morgan fingerprint density at radius 3 is 2.96 bits per heavy atom. The largest absolute Gasteiger partial charge is 0.509 e. The van der Waals surface area contributed by atoms with Gasteiger partial charge in [0.15, 0.2) is 18.5 Å². The second-order valence-electron chi connectivity index (χ2n) is 6.25. The van der Waals surface area contributed by atoms with Crippen molar-refractivity contribution in [2.45, 2.75) is 37.6 Å². The lowest BCUT2D eigenvalue weighted by atomic mass is 10.1. The summed E-state index contributed by atoms with van der Waals surface area (Å²) >= 11 is 2.03.